The summed E-state index contributed by atoms with van der Waals surface area (Å²) >= 11 is 0. The summed E-state index contributed by atoms with van der Waals surface area (Å²) < 4.78 is 22.2. The van der Waals surface area contributed by atoms with Crippen molar-refractivity contribution in [3.05, 3.63) is 23.6 Å². The lowest BCUT2D eigenvalue weighted by Crippen LogP contribution is -2.11. The van der Waals surface area contributed by atoms with Gasteiger partial charge in [0.15, 0.2) is 0 Å². The third-order valence-corrected chi connectivity index (χ3v) is 3.96. The van der Waals surface area contributed by atoms with Crippen molar-refractivity contribution in [1.82, 2.24) is 14.8 Å². The number of halogens is 1. The predicted molar refractivity (Wildman–Crippen MR) is 88.2 cm³/mol. The Morgan fingerprint density at radius 1 is 1.39 bits per heavy atom. The van der Waals surface area contributed by atoms with E-state index in [1.165, 1.54) is 0 Å². The molecule has 0 aromatic carbocycles. The molecule has 2 aromatic heterocycles. The molecule has 0 bridgehead atoms. The highest BCUT2D eigenvalue weighted by Crippen LogP contribution is 2.33. The van der Waals surface area contributed by atoms with Crippen molar-refractivity contribution < 1.29 is 9.13 Å². The quantitative estimate of drug-likeness (QED) is 0.875. The number of fused-ring (bicyclic) bond motifs is 1. The van der Waals surface area contributed by atoms with Crippen LogP contribution in [0.3, 0.4) is 0 Å². The number of nitrogens with zero attached hydrogens (tertiary/aromatic N) is 3. The monoisotopic (exact) mass is 318 g/mol. The number of anilines is 1. The van der Waals surface area contributed by atoms with Crippen LogP contribution < -0.4 is 10.1 Å². The summed E-state index contributed by atoms with van der Waals surface area (Å²) in [7, 11) is 0. The van der Waals surface area contributed by atoms with Crippen LogP contribution in [0.1, 0.15) is 39.2 Å². The first-order valence-corrected chi connectivity index (χ1v) is 8.13. The maximum absolute atomic E-state index is 14.4. The van der Waals surface area contributed by atoms with Crippen molar-refractivity contribution >= 4 is 5.82 Å². The van der Waals surface area contributed by atoms with Crippen LogP contribution in [0.5, 0.6) is 5.88 Å². The van der Waals surface area contributed by atoms with Gasteiger partial charge in [0.05, 0.1) is 11.7 Å². The molecule has 1 aliphatic heterocycles. The fraction of sp³-hybridized carbons (Fsp3) is 0.529. The Hall–Kier alpha value is -2.11. The second kappa shape index (κ2) is 6.18. The van der Waals surface area contributed by atoms with Crippen LogP contribution in [0, 0.1) is 12.9 Å². The van der Waals surface area contributed by atoms with Gasteiger partial charge in [-0.3, -0.25) is 0 Å². The molecule has 0 saturated carbocycles. The van der Waals surface area contributed by atoms with Crippen LogP contribution in [0.2, 0.25) is 0 Å². The van der Waals surface area contributed by atoms with Gasteiger partial charge in [0.1, 0.15) is 11.5 Å². The molecule has 23 heavy (non-hydrogen) atoms. The average Bonchev–Trinajstić information content (AvgIpc) is 2.66. The van der Waals surface area contributed by atoms with Gasteiger partial charge in [-0.05, 0) is 52.7 Å². The summed E-state index contributed by atoms with van der Waals surface area (Å²) in [6.45, 7) is 8.75. The predicted octanol–water partition coefficient (Wildman–Crippen LogP) is 3.77. The van der Waals surface area contributed by atoms with Crippen molar-refractivity contribution in [3.63, 3.8) is 0 Å². The van der Waals surface area contributed by atoms with Crippen LogP contribution in [0.4, 0.5) is 10.2 Å². The van der Waals surface area contributed by atoms with Crippen LogP contribution >= 0.6 is 0 Å². The number of pyridine rings is 1. The number of aromatic nitrogens is 3. The first-order valence-electron chi connectivity index (χ1n) is 8.13. The van der Waals surface area contributed by atoms with Gasteiger partial charge in [-0.2, -0.15) is 9.49 Å². The second-order valence-electron chi connectivity index (χ2n) is 6.41. The van der Waals surface area contributed by atoms with E-state index in [1.54, 1.807) is 12.1 Å². The average molecular weight is 318 g/mol. The highest BCUT2D eigenvalue weighted by atomic mass is 19.1. The van der Waals surface area contributed by atoms with E-state index in [4.69, 9.17) is 4.74 Å². The minimum absolute atomic E-state index is 0.153. The lowest BCUT2D eigenvalue weighted by Gasteiger charge is -2.11. The maximum atomic E-state index is 14.4. The van der Waals surface area contributed by atoms with Crippen molar-refractivity contribution in [1.29, 1.82) is 0 Å². The van der Waals surface area contributed by atoms with Crippen LogP contribution in [0.15, 0.2) is 12.1 Å². The van der Waals surface area contributed by atoms with Gasteiger partial charge in [-0.15, -0.1) is 0 Å². The number of hydrogen-bond acceptors (Lipinski definition) is 4. The SMILES string of the molecule is Cc1c(-c2ccc(NC(C)C)nc2F)nn2c1OC(C)CCC2. The molecule has 0 fully saturated rings. The molecular weight excluding hydrogens is 295 g/mol. The Morgan fingerprint density at radius 3 is 2.87 bits per heavy atom. The lowest BCUT2D eigenvalue weighted by atomic mass is 10.1. The normalized spacial score (nSPS) is 17.6. The largest absolute Gasteiger partial charge is 0.475 e. The molecule has 1 N–H and O–H groups in total. The lowest BCUT2D eigenvalue weighted by molar-refractivity contribution is 0.207. The highest BCUT2D eigenvalue weighted by molar-refractivity contribution is 5.66. The van der Waals surface area contributed by atoms with Crippen molar-refractivity contribution in [3.8, 4) is 17.1 Å². The van der Waals surface area contributed by atoms with E-state index in [0.717, 1.165) is 30.8 Å². The van der Waals surface area contributed by atoms with Gasteiger partial charge in [-0.25, -0.2) is 9.67 Å². The van der Waals surface area contributed by atoms with Crippen LogP contribution in [-0.2, 0) is 6.54 Å². The third-order valence-electron chi connectivity index (χ3n) is 3.96. The van der Waals surface area contributed by atoms with E-state index < -0.39 is 5.95 Å². The molecule has 3 rings (SSSR count). The van der Waals surface area contributed by atoms with E-state index in [2.05, 4.69) is 22.3 Å². The highest BCUT2D eigenvalue weighted by Gasteiger charge is 2.23. The number of aryl methyl sites for hydroxylation is 1. The molecule has 0 aliphatic carbocycles. The van der Waals surface area contributed by atoms with Gasteiger partial charge in [0.25, 0.3) is 0 Å². The number of nitrogens with one attached hydrogen (secondary N) is 1. The molecule has 0 spiro atoms. The Labute approximate surface area is 135 Å². The molecule has 124 valence electrons. The summed E-state index contributed by atoms with van der Waals surface area (Å²) in [6, 6.07) is 3.71. The molecule has 1 aliphatic rings. The van der Waals surface area contributed by atoms with Gasteiger partial charge in [-0.1, -0.05) is 0 Å². The van der Waals surface area contributed by atoms with Crippen molar-refractivity contribution in [2.24, 2.45) is 0 Å². The fourth-order valence-corrected chi connectivity index (χ4v) is 2.86. The van der Waals surface area contributed by atoms with E-state index in [9.17, 15) is 4.39 Å². The zero-order valence-corrected chi connectivity index (χ0v) is 14.1. The molecule has 5 nitrogen and oxygen atoms in total. The molecule has 3 heterocycles. The van der Waals surface area contributed by atoms with E-state index in [0.29, 0.717) is 17.1 Å². The summed E-state index contributed by atoms with van der Waals surface area (Å²) in [6.07, 6.45) is 2.16. The van der Waals surface area contributed by atoms with E-state index >= 15 is 0 Å². The van der Waals surface area contributed by atoms with Crippen molar-refractivity contribution in [2.75, 3.05) is 5.32 Å². The topological polar surface area (TPSA) is 52.0 Å². The minimum Gasteiger partial charge on any atom is -0.475 e. The first kappa shape index (κ1) is 15.8. The molecule has 1 atom stereocenters. The molecule has 1 unspecified atom stereocenters. The fourth-order valence-electron chi connectivity index (χ4n) is 2.86. The minimum atomic E-state index is -0.514. The number of hydrogen-bond donors (Lipinski definition) is 1. The van der Waals surface area contributed by atoms with Crippen LogP contribution in [-0.4, -0.2) is 26.9 Å². The first-order chi connectivity index (χ1) is 11.0. The molecule has 0 saturated heterocycles. The maximum Gasteiger partial charge on any atom is 0.224 e. The Kier molecular flexibility index (Phi) is 4.24. The Bertz CT molecular complexity index is 711. The molecule has 0 amide bonds. The zero-order chi connectivity index (χ0) is 16.6. The Balaban J connectivity index is 1.98. The standard InChI is InChI=1S/C17H23FN4O/c1-10(2)19-14-8-7-13(16(18)20-14)15-12(4)17-22(21-15)9-5-6-11(3)23-17/h7-8,10-11H,5-6,9H2,1-4H3,(H,19,20). The molecule has 0 radical (unpaired) electrons. The zero-order valence-electron chi connectivity index (χ0n) is 14.1. The molecule has 2 aromatic rings. The summed E-state index contributed by atoms with van der Waals surface area (Å²) in [5, 5.41) is 7.66. The smallest absolute Gasteiger partial charge is 0.224 e. The summed E-state index contributed by atoms with van der Waals surface area (Å²) in [4.78, 5) is 4.00. The number of ether oxygens (including phenoxy) is 1. The summed E-state index contributed by atoms with van der Waals surface area (Å²) in [5.74, 6) is 0.762. The van der Waals surface area contributed by atoms with Crippen LogP contribution in [0.25, 0.3) is 11.3 Å². The van der Waals surface area contributed by atoms with Gasteiger partial charge < -0.3 is 10.1 Å². The molecular formula is C17H23FN4O. The van der Waals surface area contributed by atoms with Gasteiger partial charge in [0.2, 0.25) is 11.8 Å². The van der Waals surface area contributed by atoms with Crippen molar-refractivity contribution in [2.45, 2.75) is 59.2 Å². The van der Waals surface area contributed by atoms with Gasteiger partial charge in [0, 0.05) is 18.2 Å². The second-order valence-corrected chi connectivity index (χ2v) is 6.41. The van der Waals surface area contributed by atoms with E-state index in [1.807, 2.05) is 25.5 Å². The van der Waals surface area contributed by atoms with Gasteiger partial charge >= 0.3 is 0 Å². The summed E-state index contributed by atoms with van der Waals surface area (Å²) in [5.41, 5.74) is 1.88. The number of rotatable bonds is 3. The third kappa shape index (κ3) is 3.16. The Morgan fingerprint density at radius 2 is 2.17 bits per heavy atom. The van der Waals surface area contributed by atoms with E-state index in [-0.39, 0.29) is 12.1 Å². The molecule has 6 heteroatoms.